The molecular weight excluding hydrogens is 129 g/mol. The molecule has 1 atom stereocenters. The molecule has 0 unspecified atom stereocenters. The number of aliphatic hydroxyl groups is 1. The Bertz CT molecular complexity index is 78.2. The number of halogens is 1. The summed E-state index contributed by atoms with van der Waals surface area (Å²) in [5.74, 6) is -1.18. The van der Waals surface area contributed by atoms with Gasteiger partial charge in [0.1, 0.15) is 6.04 Å². The quantitative estimate of drug-likeness (QED) is 0.457. The molecule has 5 heteroatoms. The van der Waals surface area contributed by atoms with Crippen molar-refractivity contribution in [2.45, 2.75) is 6.04 Å². The van der Waals surface area contributed by atoms with Crippen molar-refractivity contribution in [2.75, 3.05) is 13.8 Å². The van der Waals surface area contributed by atoms with Crippen molar-refractivity contribution >= 4 is 5.97 Å². The molecule has 0 saturated carbocycles. The molecule has 0 aromatic rings. The minimum Gasteiger partial charge on any atom is -0.480 e. The van der Waals surface area contributed by atoms with Crippen molar-refractivity contribution in [3.63, 3.8) is 0 Å². The molecule has 0 aliphatic carbocycles. The van der Waals surface area contributed by atoms with E-state index in [-0.39, 0.29) is 0 Å². The SMILES string of the molecule is CF.N[C@@H](CO)C(=O)O. The topological polar surface area (TPSA) is 83.5 Å². The first-order chi connectivity index (χ1) is 4.18. The lowest BCUT2D eigenvalue weighted by Gasteiger charge is -1.96. The number of carboxylic acids is 1. The number of nitrogens with two attached hydrogens (primary N) is 1. The van der Waals surface area contributed by atoms with E-state index in [0.717, 1.165) is 0 Å². The summed E-state index contributed by atoms with van der Waals surface area (Å²) in [6.45, 7) is -0.505. The normalized spacial score (nSPS) is 11.1. The third-order valence-corrected chi connectivity index (χ3v) is 0.514. The number of aliphatic carboxylic acids is 1. The van der Waals surface area contributed by atoms with Gasteiger partial charge in [-0.2, -0.15) is 0 Å². The van der Waals surface area contributed by atoms with Gasteiger partial charge in [0.2, 0.25) is 0 Å². The summed E-state index contributed by atoms with van der Waals surface area (Å²) in [5.41, 5.74) is 4.77. The largest absolute Gasteiger partial charge is 0.480 e. The molecule has 0 spiro atoms. The number of carbonyl (C=O) groups is 1. The highest BCUT2D eigenvalue weighted by Gasteiger charge is 2.06. The second kappa shape index (κ2) is 7.32. The van der Waals surface area contributed by atoms with Gasteiger partial charge in [-0.1, -0.05) is 0 Å². The number of aliphatic hydroxyl groups excluding tert-OH is 1. The molecule has 0 aromatic carbocycles. The first-order valence-electron chi connectivity index (χ1n) is 2.15. The molecule has 0 saturated heterocycles. The Morgan fingerprint density at radius 3 is 2.11 bits per heavy atom. The molecule has 0 aromatic heterocycles. The van der Waals surface area contributed by atoms with E-state index in [0.29, 0.717) is 7.18 Å². The van der Waals surface area contributed by atoms with Crippen LogP contribution in [0.3, 0.4) is 0 Å². The van der Waals surface area contributed by atoms with E-state index in [9.17, 15) is 9.18 Å². The van der Waals surface area contributed by atoms with Gasteiger partial charge in [0.05, 0.1) is 13.8 Å². The van der Waals surface area contributed by atoms with E-state index in [1.807, 2.05) is 0 Å². The van der Waals surface area contributed by atoms with Gasteiger partial charge in [0, 0.05) is 0 Å². The van der Waals surface area contributed by atoms with Crippen LogP contribution in [-0.4, -0.2) is 36.0 Å². The van der Waals surface area contributed by atoms with E-state index < -0.39 is 18.6 Å². The zero-order valence-electron chi connectivity index (χ0n) is 5.04. The second-order valence-corrected chi connectivity index (χ2v) is 1.13. The Hall–Kier alpha value is -0.680. The third-order valence-electron chi connectivity index (χ3n) is 0.514. The minimum atomic E-state index is -1.18. The fourth-order valence-corrected chi connectivity index (χ4v) is 0.0781. The van der Waals surface area contributed by atoms with Gasteiger partial charge in [0.25, 0.3) is 0 Å². The van der Waals surface area contributed by atoms with Gasteiger partial charge in [-0.15, -0.1) is 0 Å². The Labute approximate surface area is 52.1 Å². The molecule has 4 nitrogen and oxygen atoms in total. The van der Waals surface area contributed by atoms with Crippen LogP contribution in [0.5, 0.6) is 0 Å². The predicted octanol–water partition coefficient (Wildman–Crippen LogP) is -1.02. The van der Waals surface area contributed by atoms with Crippen LogP contribution in [-0.2, 0) is 4.79 Å². The maximum atomic E-state index is 9.65. The fraction of sp³-hybridized carbons (Fsp3) is 0.750. The predicted molar refractivity (Wildman–Crippen MR) is 29.7 cm³/mol. The van der Waals surface area contributed by atoms with Crippen LogP contribution in [0.4, 0.5) is 4.39 Å². The minimum absolute atomic E-state index is 0.500. The molecule has 0 radical (unpaired) electrons. The lowest BCUT2D eigenvalue weighted by Crippen LogP contribution is -2.33. The van der Waals surface area contributed by atoms with Crippen molar-refractivity contribution in [2.24, 2.45) is 5.73 Å². The summed E-state index contributed by atoms with van der Waals surface area (Å²) in [7, 11) is 0.500. The maximum absolute atomic E-state index is 9.65. The average molecular weight is 139 g/mol. The molecule has 0 aliphatic rings. The first kappa shape index (κ1) is 11.2. The molecule has 0 fully saturated rings. The Kier molecular flexibility index (Phi) is 9.08. The fourth-order valence-electron chi connectivity index (χ4n) is 0.0781. The van der Waals surface area contributed by atoms with Gasteiger partial charge in [-0.05, 0) is 0 Å². The summed E-state index contributed by atoms with van der Waals surface area (Å²) in [6, 6.07) is -1.13. The lowest BCUT2D eigenvalue weighted by atomic mass is 10.3. The van der Waals surface area contributed by atoms with Crippen molar-refractivity contribution in [3.05, 3.63) is 0 Å². The highest BCUT2D eigenvalue weighted by molar-refractivity contribution is 5.73. The number of alkyl halides is 1. The molecular formula is C4H10FNO3. The molecule has 0 amide bonds. The van der Waals surface area contributed by atoms with Crippen molar-refractivity contribution < 1.29 is 19.4 Å². The van der Waals surface area contributed by atoms with Crippen LogP contribution in [0.2, 0.25) is 0 Å². The number of hydrogen-bond acceptors (Lipinski definition) is 3. The molecule has 4 N–H and O–H groups in total. The van der Waals surface area contributed by atoms with Crippen molar-refractivity contribution in [3.8, 4) is 0 Å². The number of rotatable bonds is 2. The van der Waals surface area contributed by atoms with E-state index in [1.165, 1.54) is 0 Å². The standard InChI is InChI=1S/C3H7NO3.CH3F/c4-2(1-5)3(6)7;1-2/h2,5H,1,4H2,(H,6,7);1H3/t2-;/m0./s1. The van der Waals surface area contributed by atoms with Crippen LogP contribution in [0, 0.1) is 0 Å². The van der Waals surface area contributed by atoms with Gasteiger partial charge in [-0.25, -0.2) is 0 Å². The first-order valence-corrected chi connectivity index (χ1v) is 2.15. The van der Waals surface area contributed by atoms with E-state index in [2.05, 4.69) is 0 Å². The maximum Gasteiger partial charge on any atom is 0.322 e. The highest BCUT2D eigenvalue weighted by Crippen LogP contribution is 1.71. The zero-order valence-corrected chi connectivity index (χ0v) is 5.04. The van der Waals surface area contributed by atoms with Gasteiger partial charge >= 0.3 is 5.97 Å². The van der Waals surface area contributed by atoms with Crippen LogP contribution < -0.4 is 5.73 Å². The Morgan fingerprint density at radius 2 is 2.11 bits per heavy atom. The van der Waals surface area contributed by atoms with E-state index >= 15 is 0 Å². The number of hydrogen-bond donors (Lipinski definition) is 3. The monoisotopic (exact) mass is 139 g/mol. The van der Waals surface area contributed by atoms with E-state index in [4.69, 9.17) is 15.9 Å². The van der Waals surface area contributed by atoms with Crippen LogP contribution >= 0.6 is 0 Å². The highest BCUT2D eigenvalue weighted by atomic mass is 19.1. The van der Waals surface area contributed by atoms with Crippen molar-refractivity contribution in [1.82, 2.24) is 0 Å². The molecule has 0 heterocycles. The number of carboxylic acid groups (broad SMARTS) is 1. The molecule has 0 rings (SSSR count). The van der Waals surface area contributed by atoms with Crippen LogP contribution in [0.15, 0.2) is 0 Å². The Morgan fingerprint density at radius 1 is 1.78 bits per heavy atom. The van der Waals surface area contributed by atoms with Crippen LogP contribution in [0.1, 0.15) is 0 Å². The Balaban J connectivity index is 0. The third kappa shape index (κ3) is 7.32. The average Bonchev–Trinajstić information content (AvgIpc) is 1.91. The molecule has 0 bridgehead atoms. The van der Waals surface area contributed by atoms with Crippen LogP contribution in [0.25, 0.3) is 0 Å². The summed E-state index contributed by atoms with van der Waals surface area (Å²) in [4.78, 5) is 9.65. The smallest absolute Gasteiger partial charge is 0.322 e. The molecule has 56 valence electrons. The van der Waals surface area contributed by atoms with Gasteiger partial charge < -0.3 is 15.9 Å². The zero-order chi connectivity index (χ0) is 7.86. The summed E-state index contributed by atoms with van der Waals surface area (Å²) in [5, 5.41) is 15.9. The van der Waals surface area contributed by atoms with Gasteiger partial charge in [-0.3, -0.25) is 9.18 Å². The summed E-state index contributed by atoms with van der Waals surface area (Å²) in [6.07, 6.45) is 0. The lowest BCUT2D eigenvalue weighted by molar-refractivity contribution is -0.139. The summed E-state index contributed by atoms with van der Waals surface area (Å²) >= 11 is 0. The van der Waals surface area contributed by atoms with Crippen molar-refractivity contribution in [1.29, 1.82) is 0 Å². The second-order valence-electron chi connectivity index (χ2n) is 1.13. The molecule has 0 aliphatic heterocycles. The van der Waals surface area contributed by atoms with E-state index in [1.54, 1.807) is 0 Å². The summed E-state index contributed by atoms with van der Waals surface area (Å²) < 4.78 is 9.50. The molecule has 9 heavy (non-hydrogen) atoms. The van der Waals surface area contributed by atoms with Gasteiger partial charge in [0.15, 0.2) is 0 Å².